The molecule has 1 saturated heterocycles. The molecule has 0 radical (unpaired) electrons. The van der Waals surface area contributed by atoms with Gasteiger partial charge < -0.3 is 15.4 Å². The van der Waals surface area contributed by atoms with E-state index in [1.165, 1.54) is 12.1 Å². The number of benzene rings is 1. The van der Waals surface area contributed by atoms with E-state index in [1.54, 1.807) is 12.1 Å². The predicted molar refractivity (Wildman–Crippen MR) is 70.2 cm³/mol. The molecule has 1 fully saturated rings. The van der Waals surface area contributed by atoms with Gasteiger partial charge in [-0.05, 0) is 56.6 Å². The maximum absolute atomic E-state index is 12.7. The highest BCUT2D eigenvalue weighted by molar-refractivity contribution is 5.21. The Morgan fingerprint density at radius 2 is 1.89 bits per heavy atom. The second-order valence-electron chi connectivity index (χ2n) is 4.84. The van der Waals surface area contributed by atoms with Crippen LogP contribution in [0.3, 0.4) is 0 Å². The lowest BCUT2D eigenvalue weighted by Crippen LogP contribution is -2.40. The van der Waals surface area contributed by atoms with Gasteiger partial charge in [0.25, 0.3) is 0 Å². The van der Waals surface area contributed by atoms with Crippen LogP contribution in [-0.2, 0) is 0 Å². The van der Waals surface area contributed by atoms with Gasteiger partial charge in [-0.2, -0.15) is 0 Å². The molecule has 0 aliphatic carbocycles. The summed E-state index contributed by atoms with van der Waals surface area (Å²) in [4.78, 5) is 2.43. The van der Waals surface area contributed by atoms with E-state index < -0.39 is 0 Å². The van der Waals surface area contributed by atoms with Crippen molar-refractivity contribution in [3.05, 3.63) is 30.1 Å². The topological polar surface area (TPSA) is 38.5 Å². The van der Waals surface area contributed by atoms with Gasteiger partial charge >= 0.3 is 0 Å². The molecule has 0 aromatic heterocycles. The molecule has 1 aromatic carbocycles. The molecule has 1 aliphatic rings. The summed E-state index contributed by atoms with van der Waals surface area (Å²) < 4.78 is 18.2. The highest BCUT2D eigenvalue weighted by Crippen LogP contribution is 2.12. The first-order valence-electron chi connectivity index (χ1n) is 6.60. The van der Waals surface area contributed by atoms with Crippen LogP contribution in [0.15, 0.2) is 24.3 Å². The van der Waals surface area contributed by atoms with Crippen molar-refractivity contribution in [2.45, 2.75) is 25.3 Å². The first-order valence-corrected chi connectivity index (χ1v) is 6.60. The zero-order chi connectivity index (χ0) is 12.8. The Kier molecular flexibility index (Phi) is 4.96. The average molecular weight is 252 g/mol. The lowest BCUT2D eigenvalue weighted by molar-refractivity contribution is 0.194. The molecule has 1 aromatic rings. The Hall–Kier alpha value is -1.13. The Bertz CT molecular complexity index is 347. The molecule has 3 nitrogen and oxygen atoms in total. The molecule has 4 heteroatoms. The molecule has 1 heterocycles. The van der Waals surface area contributed by atoms with E-state index in [2.05, 4.69) is 4.90 Å². The van der Waals surface area contributed by atoms with Gasteiger partial charge in [0.1, 0.15) is 11.6 Å². The van der Waals surface area contributed by atoms with E-state index in [0.717, 1.165) is 44.6 Å². The van der Waals surface area contributed by atoms with Crippen LogP contribution in [-0.4, -0.2) is 37.2 Å². The van der Waals surface area contributed by atoms with Gasteiger partial charge in [-0.25, -0.2) is 4.39 Å². The van der Waals surface area contributed by atoms with Gasteiger partial charge in [0.05, 0.1) is 6.61 Å². The van der Waals surface area contributed by atoms with Crippen molar-refractivity contribution in [1.82, 2.24) is 4.90 Å². The fraction of sp³-hybridized carbons (Fsp3) is 0.571. The minimum Gasteiger partial charge on any atom is -0.494 e. The van der Waals surface area contributed by atoms with Gasteiger partial charge in [0.15, 0.2) is 0 Å². The van der Waals surface area contributed by atoms with Crippen molar-refractivity contribution in [2.75, 3.05) is 26.2 Å². The molecule has 0 amide bonds. The number of rotatable bonds is 5. The number of ether oxygens (including phenoxy) is 1. The Morgan fingerprint density at radius 3 is 2.56 bits per heavy atom. The van der Waals surface area contributed by atoms with Gasteiger partial charge in [-0.15, -0.1) is 0 Å². The quantitative estimate of drug-likeness (QED) is 0.815. The Morgan fingerprint density at radius 1 is 1.22 bits per heavy atom. The van der Waals surface area contributed by atoms with Crippen molar-refractivity contribution in [2.24, 2.45) is 5.73 Å². The smallest absolute Gasteiger partial charge is 0.123 e. The molecule has 2 N–H and O–H groups in total. The Balaban J connectivity index is 1.60. The summed E-state index contributed by atoms with van der Waals surface area (Å²) in [7, 11) is 0. The van der Waals surface area contributed by atoms with Crippen LogP contribution in [0.5, 0.6) is 5.75 Å². The van der Waals surface area contributed by atoms with E-state index in [4.69, 9.17) is 10.5 Å². The number of halogens is 1. The number of hydrogen-bond donors (Lipinski definition) is 1. The number of piperidine rings is 1. The standard InChI is InChI=1S/C14H21FN2O/c15-12-2-4-14(5-3-12)18-11-1-8-17-9-6-13(16)7-10-17/h2-5,13H,1,6-11,16H2. The van der Waals surface area contributed by atoms with Gasteiger partial charge in [0.2, 0.25) is 0 Å². The van der Waals surface area contributed by atoms with Crippen LogP contribution in [0, 0.1) is 5.82 Å². The SMILES string of the molecule is NC1CCN(CCCOc2ccc(F)cc2)CC1. The number of likely N-dealkylation sites (tertiary alicyclic amines) is 1. The third-order valence-corrected chi connectivity index (χ3v) is 3.33. The van der Waals surface area contributed by atoms with Crippen LogP contribution < -0.4 is 10.5 Å². The summed E-state index contributed by atoms with van der Waals surface area (Å²) >= 11 is 0. The van der Waals surface area contributed by atoms with Crippen LogP contribution in [0.1, 0.15) is 19.3 Å². The highest BCUT2D eigenvalue weighted by Gasteiger charge is 2.14. The maximum Gasteiger partial charge on any atom is 0.123 e. The number of nitrogens with two attached hydrogens (primary N) is 1. The summed E-state index contributed by atoms with van der Waals surface area (Å²) in [5, 5.41) is 0. The molecule has 0 bridgehead atoms. The summed E-state index contributed by atoms with van der Waals surface area (Å²) in [5.41, 5.74) is 5.86. The largest absolute Gasteiger partial charge is 0.494 e. The van der Waals surface area contributed by atoms with Crippen molar-refractivity contribution < 1.29 is 9.13 Å². The van der Waals surface area contributed by atoms with Gasteiger partial charge in [0, 0.05) is 12.6 Å². The molecule has 0 unspecified atom stereocenters. The third-order valence-electron chi connectivity index (χ3n) is 3.33. The summed E-state index contributed by atoms with van der Waals surface area (Å²) in [5.74, 6) is 0.504. The zero-order valence-electron chi connectivity index (χ0n) is 10.6. The first-order chi connectivity index (χ1) is 8.74. The second-order valence-corrected chi connectivity index (χ2v) is 4.84. The van der Waals surface area contributed by atoms with Crippen molar-refractivity contribution in [3.63, 3.8) is 0 Å². The molecular weight excluding hydrogens is 231 g/mol. The minimum atomic E-state index is -0.230. The first kappa shape index (κ1) is 13.3. The second kappa shape index (κ2) is 6.71. The van der Waals surface area contributed by atoms with E-state index in [-0.39, 0.29) is 5.82 Å². The van der Waals surface area contributed by atoms with Crippen molar-refractivity contribution >= 4 is 0 Å². The minimum absolute atomic E-state index is 0.230. The molecular formula is C14H21FN2O. The van der Waals surface area contributed by atoms with E-state index >= 15 is 0 Å². The molecule has 18 heavy (non-hydrogen) atoms. The third kappa shape index (κ3) is 4.27. The van der Waals surface area contributed by atoms with E-state index in [1.807, 2.05) is 0 Å². The molecule has 0 spiro atoms. The molecule has 0 atom stereocenters. The van der Waals surface area contributed by atoms with E-state index in [9.17, 15) is 4.39 Å². The zero-order valence-corrected chi connectivity index (χ0v) is 10.6. The van der Waals surface area contributed by atoms with Crippen LogP contribution in [0.25, 0.3) is 0 Å². The number of nitrogens with zero attached hydrogens (tertiary/aromatic N) is 1. The Labute approximate surface area is 108 Å². The molecule has 0 saturated carbocycles. The maximum atomic E-state index is 12.7. The fourth-order valence-corrected chi connectivity index (χ4v) is 2.19. The van der Waals surface area contributed by atoms with Crippen molar-refractivity contribution in [3.8, 4) is 5.75 Å². The number of hydrogen-bond acceptors (Lipinski definition) is 3. The lowest BCUT2D eigenvalue weighted by Gasteiger charge is -2.29. The highest BCUT2D eigenvalue weighted by atomic mass is 19.1. The molecule has 2 rings (SSSR count). The van der Waals surface area contributed by atoms with Gasteiger partial charge in [-0.3, -0.25) is 0 Å². The van der Waals surface area contributed by atoms with E-state index in [0.29, 0.717) is 12.6 Å². The van der Waals surface area contributed by atoms with Crippen LogP contribution >= 0.6 is 0 Å². The lowest BCUT2D eigenvalue weighted by atomic mass is 10.1. The monoisotopic (exact) mass is 252 g/mol. The van der Waals surface area contributed by atoms with Crippen LogP contribution in [0.2, 0.25) is 0 Å². The fourth-order valence-electron chi connectivity index (χ4n) is 2.19. The molecule has 100 valence electrons. The van der Waals surface area contributed by atoms with Crippen LogP contribution in [0.4, 0.5) is 4.39 Å². The predicted octanol–water partition coefficient (Wildman–Crippen LogP) is 2.02. The summed E-state index contributed by atoms with van der Waals surface area (Å²) in [6, 6.07) is 6.55. The molecule has 1 aliphatic heterocycles. The normalized spacial score (nSPS) is 17.9. The summed E-state index contributed by atoms with van der Waals surface area (Å²) in [6.07, 6.45) is 3.18. The van der Waals surface area contributed by atoms with Gasteiger partial charge in [-0.1, -0.05) is 0 Å². The average Bonchev–Trinajstić information content (AvgIpc) is 2.39. The summed E-state index contributed by atoms with van der Waals surface area (Å²) in [6.45, 7) is 3.91. The van der Waals surface area contributed by atoms with Crippen molar-refractivity contribution in [1.29, 1.82) is 0 Å².